The van der Waals surface area contributed by atoms with Crippen molar-refractivity contribution < 1.29 is 18.0 Å². The highest BCUT2D eigenvalue weighted by atomic mass is 79.9. The third kappa shape index (κ3) is 5.21. The van der Waals surface area contributed by atoms with E-state index in [4.69, 9.17) is 11.6 Å². The number of aromatic nitrogens is 2. The van der Waals surface area contributed by atoms with E-state index < -0.39 is 17.6 Å². The first kappa shape index (κ1) is 24.8. The van der Waals surface area contributed by atoms with Crippen molar-refractivity contribution in [3.05, 3.63) is 99.2 Å². The number of alkyl halides is 3. The van der Waals surface area contributed by atoms with Crippen molar-refractivity contribution in [2.45, 2.75) is 19.5 Å². The maximum Gasteiger partial charge on any atom is 0.418 e. The Balaban J connectivity index is 1.77. The van der Waals surface area contributed by atoms with Gasteiger partial charge in [0.1, 0.15) is 5.82 Å². The summed E-state index contributed by atoms with van der Waals surface area (Å²) in [5.41, 5.74) is 5.60. The lowest BCUT2D eigenvalue weighted by atomic mass is 10.2. The first-order valence-electron chi connectivity index (χ1n) is 10.6. The van der Waals surface area contributed by atoms with Gasteiger partial charge in [-0.1, -0.05) is 58.7 Å². The van der Waals surface area contributed by atoms with Crippen LogP contribution in [0, 0.1) is 0 Å². The molecule has 5 nitrogen and oxygen atoms in total. The highest BCUT2D eigenvalue weighted by molar-refractivity contribution is 9.10. The monoisotopic (exact) mass is 562 g/mol. The molecule has 0 radical (unpaired) electrons. The Morgan fingerprint density at radius 2 is 1.69 bits per heavy atom. The second kappa shape index (κ2) is 10.1. The molecule has 1 heterocycles. The highest BCUT2D eigenvalue weighted by Gasteiger charge is 2.33. The lowest BCUT2D eigenvalue weighted by molar-refractivity contribution is -0.137. The normalized spacial score (nSPS) is 11.4. The summed E-state index contributed by atoms with van der Waals surface area (Å²) in [7, 11) is 0. The zero-order valence-corrected chi connectivity index (χ0v) is 20.7. The Labute approximate surface area is 213 Å². The van der Waals surface area contributed by atoms with Gasteiger partial charge in [-0.05, 0) is 55.0 Å². The van der Waals surface area contributed by atoms with Crippen LogP contribution in [0.25, 0.3) is 17.1 Å². The Hall–Kier alpha value is -3.30. The van der Waals surface area contributed by atoms with Gasteiger partial charge in [0.15, 0.2) is 5.69 Å². The van der Waals surface area contributed by atoms with Crippen molar-refractivity contribution in [1.29, 1.82) is 0 Å². The van der Waals surface area contributed by atoms with Crippen LogP contribution in [0.5, 0.6) is 0 Å². The topological polar surface area (TPSA) is 59.0 Å². The average Bonchev–Trinajstić information content (AvgIpc) is 3.22. The molecule has 0 aliphatic heterocycles. The number of rotatable bonds is 6. The van der Waals surface area contributed by atoms with Gasteiger partial charge in [-0.25, -0.2) is 4.98 Å². The van der Waals surface area contributed by atoms with Crippen LogP contribution in [-0.4, -0.2) is 15.5 Å². The van der Waals surface area contributed by atoms with E-state index in [9.17, 15) is 18.0 Å². The van der Waals surface area contributed by atoms with Crippen molar-refractivity contribution >= 4 is 39.1 Å². The number of hydrogen-bond donors (Lipinski definition) is 2. The molecule has 3 aromatic carbocycles. The average molecular weight is 564 g/mol. The van der Waals surface area contributed by atoms with E-state index in [2.05, 4.69) is 31.8 Å². The van der Waals surface area contributed by atoms with E-state index in [0.717, 1.165) is 16.2 Å². The number of amides is 1. The van der Waals surface area contributed by atoms with Gasteiger partial charge >= 0.3 is 6.18 Å². The summed E-state index contributed by atoms with van der Waals surface area (Å²) in [4.78, 5) is 17.7. The van der Waals surface area contributed by atoms with E-state index in [-0.39, 0.29) is 11.4 Å². The number of carbonyl (C=O) groups is 1. The van der Waals surface area contributed by atoms with Crippen LogP contribution >= 0.6 is 27.5 Å². The minimum atomic E-state index is -4.58. The Bertz CT molecular complexity index is 1370. The Morgan fingerprint density at radius 3 is 2.34 bits per heavy atom. The van der Waals surface area contributed by atoms with Gasteiger partial charge in [-0.3, -0.25) is 20.2 Å². The zero-order valence-electron chi connectivity index (χ0n) is 18.3. The van der Waals surface area contributed by atoms with Gasteiger partial charge in [-0.2, -0.15) is 13.2 Å². The molecule has 0 unspecified atom stereocenters. The predicted molar refractivity (Wildman–Crippen MR) is 134 cm³/mol. The number of halogens is 5. The molecule has 0 spiro atoms. The minimum absolute atomic E-state index is 0.0716. The quantitative estimate of drug-likeness (QED) is 0.242. The van der Waals surface area contributed by atoms with Gasteiger partial charge in [0.2, 0.25) is 0 Å². The number of anilines is 1. The molecule has 4 rings (SSSR count). The fourth-order valence-electron chi connectivity index (χ4n) is 3.68. The molecule has 0 saturated carbocycles. The van der Waals surface area contributed by atoms with Crippen molar-refractivity contribution in [3.63, 3.8) is 0 Å². The summed E-state index contributed by atoms with van der Waals surface area (Å²) in [6, 6.07) is 19.5. The molecular weight excluding hydrogens is 545 g/mol. The number of nitrogens with zero attached hydrogens (tertiary/aromatic N) is 2. The number of benzene rings is 3. The van der Waals surface area contributed by atoms with Crippen LogP contribution < -0.4 is 10.9 Å². The third-order valence-electron chi connectivity index (χ3n) is 5.27. The van der Waals surface area contributed by atoms with E-state index in [1.807, 2.05) is 41.8 Å². The fourth-order valence-corrected chi connectivity index (χ4v) is 4.16. The first-order valence-corrected chi connectivity index (χ1v) is 11.7. The van der Waals surface area contributed by atoms with Crippen LogP contribution in [0.15, 0.2) is 77.3 Å². The van der Waals surface area contributed by atoms with Gasteiger partial charge in [-0.15, -0.1) is 0 Å². The van der Waals surface area contributed by atoms with Crippen LogP contribution in [-0.2, 0) is 12.6 Å². The molecule has 1 amide bonds. The number of carbonyl (C=O) groups excluding carboxylic acids is 1. The third-order valence-corrected chi connectivity index (χ3v) is 6.12. The number of hydrogen-bond acceptors (Lipinski definition) is 3. The molecule has 4 aromatic rings. The highest BCUT2D eigenvalue weighted by Crippen LogP contribution is 2.35. The van der Waals surface area contributed by atoms with Crippen LogP contribution in [0.1, 0.15) is 28.7 Å². The second-order valence-corrected chi connectivity index (χ2v) is 8.82. The van der Waals surface area contributed by atoms with Crippen molar-refractivity contribution in [2.24, 2.45) is 0 Å². The van der Waals surface area contributed by atoms with E-state index >= 15 is 0 Å². The lowest BCUT2D eigenvalue weighted by Gasteiger charge is -2.15. The Morgan fingerprint density at radius 1 is 1.03 bits per heavy atom. The van der Waals surface area contributed by atoms with E-state index in [0.29, 0.717) is 28.5 Å². The second-order valence-electron chi connectivity index (χ2n) is 7.50. The first-order chi connectivity index (χ1) is 16.7. The minimum Gasteiger partial charge on any atom is -0.298 e. The molecule has 0 aliphatic rings. The fraction of sp³-hybridized carbons (Fsp3) is 0.120. The van der Waals surface area contributed by atoms with Crippen molar-refractivity contribution in [2.75, 3.05) is 5.43 Å². The lowest BCUT2D eigenvalue weighted by Crippen LogP contribution is -2.31. The SMILES string of the molecule is CCc1c(C(=O)NNc2ccccc2C(F)(F)F)nc(-c2ccccc2Cl)n1-c1ccc(Br)cc1. The predicted octanol–water partition coefficient (Wildman–Crippen LogP) is 7.29. The summed E-state index contributed by atoms with van der Waals surface area (Å²) in [6.45, 7) is 1.87. The maximum atomic E-state index is 13.3. The summed E-state index contributed by atoms with van der Waals surface area (Å²) < 4.78 is 42.7. The molecule has 180 valence electrons. The summed E-state index contributed by atoms with van der Waals surface area (Å²) in [5, 5.41) is 0.447. The number of para-hydroxylation sites is 1. The summed E-state index contributed by atoms with van der Waals surface area (Å²) >= 11 is 9.87. The Kier molecular flexibility index (Phi) is 7.18. The van der Waals surface area contributed by atoms with E-state index in [1.165, 1.54) is 18.2 Å². The summed E-state index contributed by atoms with van der Waals surface area (Å²) in [5.74, 6) is -0.237. The smallest absolute Gasteiger partial charge is 0.298 e. The standard InChI is InChI=1S/C25H19BrClF3N4O/c1-2-21-22(24(35)33-32-20-10-6-4-8-18(20)25(28,29)30)31-23(17-7-3-5-9-19(17)27)34(21)16-13-11-15(26)12-14-16/h3-14,32H,2H2,1H3,(H,33,35). The van der Waals surface area contributed by atoms with Crippen LogP contribution in [0.4, 0.5) is 18.9 Å². The number of hydrazine groups is 1. The molecule has 35 heavy (non-hydrogen) atoms. The van der Waals surface area contributed by atoms with Crippen LogP contribution in [0.3, 0.4) is 0 Å². The molecule has 10 heteroatoms. The van der Waals surface area contributed by atoms with Gasteiger partial charge in [0.25, 0.3) is 5.91 Å². The molecular formula is C25H19BrClF3N4O. The van der Waals surface area contributed by atoms with Crippen LogP contribution in [0.2, 0.25) is 5.02 Å². The van der Waals surface area contributed by atoms with Gasteiger partial charge < -0.3 is 0 Å². The molecule has 1 aromatic heterocycles. The number of nitrogens with one attached hydrogen (secondary N) is 2. The zero-order chi connectivity index (χ0) is 25.2. The van der Waals surface area contributed by atoms with Crippen molar-refractivity contribution in [3.8, 4) is 17.1 Å². The molecule has 0 bridgehead atoms. The molecule has 0 aliphatic carbocycles. The largest absolute Gasteiger partial charge is 0.418 e. The molecule has 0 fully saturated rings. The maximum absolute atomic E-state index is 13.3. The van der Waals surface area contributed by atoms with E-state index in [1.54, 1.807) is 18.2 Å². The molecule has 2 N–H and O–H groups in total. The molecule has 0 saturated heterocycles. The van der Waals surface area contributed by atoms with Crippen molar-refractivity contribution in [1.82, 2.24) is 15.0 Å². The van der Waals surface area contributed by atoms with Gasteiger partial charge in [0.05, 0.1) is 22.0 Å². The summed E-state index contributed by atoms with van der Waals surface area (Å²) in [6.07, 6.45) is -4.15. The molecule has 0 atom stereocenters. The number of imidazole rings is 1. The van der Waals surface area contributed by atoms with Gasteiger partial charge in [0, 0.05) is 15.7 Å².